The molecule has 5 heteroatoms. The highest BCUT2D eigenvalue weighted by atomic mass is 79.9. The van der Waals surface area contributed by atoms with E-state index in [1.165, 1.54) is 0 Å². The number of nitrogens with zero attached hydrogens (tertiary/aromatic N) is 2. The molecule has 1 N–H and O–H groups in total. The van der Waals surface area contributed by atoms with Crippen molar-refractivity contribution in [1.82, 2.24) is 9.55 Å². The summed E-state index contributed by atoms with van der Waals surface area (Å²) in [6.07, 6.45) is 5.92. The summed E-state index contributed by atoms with van der Waals surface area (Å²) in [5.74, 6) is 0.0201. The van der Waals surface area contributed by atoms with Crippen LogP contribution < -0.4 is 5.32 Å². The fourth-order valence-corrected chi connectivity index (χ4v) is 2.01. The van der Waals surface area contributed by atoms with Gasteiger partial charge in [-0.3, -0.25) is 4.79 Å². The zero-order chi connectivity index (χ0) is 12.8. The van der Waals surface area contributed by atoms with Gasteiger partial charge in [-0.25, -0.2) is 4.98 Å². The number of benzene rings is 1. The van der Waals surface area contributed by atoms with Gasteiger partial charge in [0.05, 0.1) is 6.33 Å². The number of alkyl halides is 1. The molecule has 94 valence electrons. The van der Waals surface area contributed by atoms with Crippen molar-refractivity contribution in [2.45, 2.75) is 13.0 Å². The van der Waals surface area contributed by atoms with Crippen LogP contribution in [0.25, 0.3) is 0 Å². The summed E-state index contributed by atoms with van der Waals surface area (Å²) in [6.45, 7) is 0.752. The second kappa shape index (κ2) is 6.35. The third-order valence-corrected chi connectivity index (χ3v) is 2.85. The van der Waals surface area contributed by atoms with Crippen molar-refractivity contribution in [3.05, 3.63) is 48.5 Å². The molecule has 1 aromatic heterocycles. The number of carbonyl (C=O) groups excluding carboxylic acids is 1. The van der Waals surface area contributed by atoms with Crippen LogP contribution in [0.15, 0.2) is 43.0 Å². The third-order valence-electron chi connectivity index (χ3n) is 2.46. The number of nitrogens with one attached hydrogen (secondary N) is 1. The fourth-order valence-electron chi connectivity index (χ4n) is 1.65. The first-order valence-corrected chi connectivity index (χ1v) is 6.80. The minimum Gasteiger partial charge on any atom is -0.333 e. The van der Waals surface area contributed by atoms with E-state index in [0.29, 0.717) is 11.8 Å². The molecule has 0 spiro atoms. The van der Waals surface area contributed by atoms with Gasteiger partial charge in [-0.15, -0.1) is 0 Å². The molecular weight excluding hydrogens is 294 g/mol. The molecule has 4 nitrogen and oxygen atoms in total. The van der Waals surface area contributed by atoms with Crippen LogP contribution in [0.5, 0.6) is 0 Å². The van der Waals surface area contributed by atoms with E-state index in [0.717, 1.165) is 17.8 Å². The van der Waals surface area contributed by atoms with E-state index in [1.807, 2.05) is 35.0 Å². The molecule has 0 bridgehead atoms. The van der Waals surface area contributed by atoms with Crippen LogP contribution in [-0.4, -0.2) is 20.8 Å². The van der Waals surface area contributed by atoms with Crippen LogP contribution >= 0.6 is 15.9 Å². The molecule has 2 rings (SSSR count). The maximum Gasteiger partial charge on any atom is 0.225 e. The van der Waals surface area contributed by atoms with Gasteiger partial charge in [0, 0.05) is 36.4 Å². The van der Waals surface area contributed by atoms with E-state index in [9.17, 15) is 4.79 Å². The molecule has 0 aliphatic carbocycles. The van der Waals surface area contributed by atoms with Gasteiger partial charge in [0.15, 0.2) is 0 Å². The van der Waals surface area contributed by atoms with E-state index in [-0.39, 0.29) is 5.91 Å². The smallest absolute Gasteiger partial charge is 0.225 e. The van der Waals surface area contributed by atoms with Crippen molar-refractivity contribution in [3.63, 3.8) is 0 Å². The van der Waals surface area contributed by atoms with E-state index in [2.05, 4.69) is 26.2 Å². The Labute approximate surface area is 114 Å². The van der Waals surface area contributed by atoms with Crippen LogP contribution in [0.4, 0.5) is 5.69 Å². The van der Waals surface area contributed by atoms with Gasteiger partial charge in [-0.05, 0) is 17.7 Å². The first-order chi connectivity index (χ1) is 8.78. The Hall–Kier alpha value is -1.62. The lowest BCUT2D eigenvalue weighted by molar-refractivity contribution is -0.115. The first-order valence-electron chi connectivity index (χ1n) is 5.68. The number of rotatable bonds is 5. The second-order valence-electron chi connectivity index (χ2n) is 3.92. The predicted octanol–water partition coefficient (Wildman–Crippen LogP) is 2.65. The minimum absolute atomic E-state index is 0.0201. The van der Waals surface area contributed by atoms with Crippen molar-refractivity contribution in [2.75, 3.05) is 10.6 Å². The van der Waals surface area contributed by atoms with Crippen molar-refractivity contribution in [1.29, 1.82) is 0 Å². The average molecular weight is 308 g/mol. The quantitative estimate of drug-likeness (QED) is 0.863. The summed E-state index contributed by atoms with van der Waals surface area (Å²) < 4.78 is 1.99. The van der Waals surface area contributed by atoms with Gasteiger partial charge in [-0.2, -0.15) is 0 Å². The van der Waals surface area contributed by atoms with E-state index < -0.39 is 0 Å². The number of hydrogen-bond donors (Lipinski definition) is 1. The molecule has 0 fully saturated rings. The van der Waals surface area contributed by atoms with E-state index in [4.69, 9.17) is 0 Å². The van der Waals surface area contributed by atoms with Crippen LogP contribution in [0.1, 0.15) is 12.0 Å². The van der Waals surface area contributed by atoms with Gasteiger partial charge in [0.25, 0.3) is 0 Å². The third kappa shape index (κ3) is 3.70. The van der Waals surface area contributed by atoms with Crippen molar-refractivity contribution < 1.29 is 4.79 Å². The van der Waals surface area contributed by atoms with Crippen molar-refractivity contribution in [2.24, 2.45) is 0 Å². The van der Waals surface area contributed by atoms with Gasteiger partial charge in [-0.1, -0.05) is 28.1 Å². The van der Waals surface area contributed by atoms with Crippen LogP contribution in [0.3, 0.4) is 0 Å². The zero-order valence-corrected chi connectivity index (χ0v) is 11.4. The molecular formula is C13H14BrN3O. The first kappa shape index (κ1) is 12.8. The molecule has 2 aromatic rings. The largest absolute Gasteiger partial charge is 0.333 e. The Morgan fingerprint density at radius 2 is 2.33 bits per heavy atom. The highest BCUT2D eigenvalue weighted by molar-refractivity contribution is 9.09. The molecule has 0 aliphatic heterocycles. The molecule has 0 saturated heterocycles. The molecule has 1 heterocycles. The minimum atomic E-state index is 0.0201. The summed E-state index contributed by atoms with van der Waals surface area (Å²) in [5, 5.41) is 3.54. The number of imidazole rings is 1. The molecule has 0 radical (unpaired) electrons. The Kier molecular flexibility index (Phi) is 4.52. The molecule has 18 heavy (non-hydrogen) atoms. The summed E-state index contributed by atoms with van der Waals surface area (Å²) in [5.41, 5.74) is 1.96. The summed E-state index contributed by atoms with van der Waals surface area (Å²) in [7, 11) is 0. The van der Waals surface area contributed by atoms with Gasteiger partial charge in [0.1, 0.15) is 0 Å². The number of carbonyl (C=O) groups is 1. The number of amides is 1. The molecule has 0 atom stereocenters. The number of aromatic nitrogens is 2. The maximum atomic E-state index is 11.5. The van der Waals surface area contributed by atoms with E-state index in [1.54, 1.807) is 12.5 Å². The van der Waals surface area contributed by atoms with Crippen LogP contribution in [-0.2, 0) is 11.3 Å². The highest BCUT2D eigenvalue weighted by Gasteiger charge is 2.02. The predicted molar refractivity (Wildman–Crippen MR) is 74.8 cm³/mol. The summed E-state index contributed by atoms with van der Waals surface area (Å²) >= 11 is 3.25. The Morgan fingerprint density at radius 1 is 1.44 bits per heavy atom. The van der Waals surface area contributed by atoms with Gasteiger partial charge >= 0.3 is 0 Å². The maximum absolute atomic E-state index is 11.5. The highest BCUT2D eigenvalue weighted by Crippen LogP contribution is 2.12. The monoisotopic (exact) mass is 307 g/mol. The topological polar surface area (TPSA) is 46.9 Å². The normalized spacial score (nSPS) is 10.3. The van der Waals surface area contributed by atoms with Gasteiger partial charge in [0.2, 0.25) is 5.91 Å². The van der Waals surface area contributed by atoms with Crippen molar-refractivity contribution in [3.8, 4) is 0 Å². The molecule has 0 aliphatic rings. The van der Waals surface area contributed by atoms with E-state index >= 15 is 0 Å². The summed E-state index contributed by atoms with van der Waals surface area (Å²) in [6, 6.07) is 7.84. The standard InChI is InChI=1S/C13H14BrN3O/c14-5-4-13(18)16-12-3-1-2-11(8-12)9-17-7-6-15-10-17/h1-3,6-8,10H,4-5,9H2,(H,16,18). The molecule has 0 saturated carbocycles. The zero-order valence-electron chi connectivity index (χ0n) is 9.84. The molecule has 1 aromatic carbocycles. The lowest BCUT2D eigenvalue weighted by Crippen LogP contribution is -2.11. The molecule has 1 amide bonds. The number of hydrogen-bond acceptors (Lipinski definition) is 2. The second-order valence-corrected chi connectivity index (χ2v) is 4.72. The number of halogens is 1. The van der Waals surface area contributed by atoms with Crippen LogP contribution in [0.2, 0.25) is 0 Å². The van der Waals surface area contributed by atoms with Gasteiger partial charge < -0.3 is 9.88 Å². The Balaban J connectivity index is 2.03. The average Bonchev–Trinajstić information content (AvgIpc) is 2.82. The van der Waals surface area contributed by atoms with Crippen LogP contribution in [0, 0.1) is 0 Å². The lowest BCUT2D eigenvalue weighted by Gasteiger charge is -2.07. The summed E-state index contributed by atoms with van der Waals surface area (Å²) in [4.78, 5) is 15.5. The SMILES string of the molecule is O=C(CCBr)Nc1cccc(Cn2ccnc2)c1. The Bertz CT molecular complexity index is 511. The molecule has 0 unspecified atom stereocenters. The lowest BCUT2D eigenvalue weighted by atomic mass is 10.2. The Morgan fingerprint density at radius 3 is 3.06 bits per heavy atom. The van der Waals surface area contributed by atoms with Crippen molar-refractivity contribution >= 4 is 27.5 Å². The number of anilines is 1. The fraction of sp³-hybridized carbons (Fsp3) is 0.231.